The Morgan fingerprint density at radius 1 is 1.25 bits per heavy atom. The van der Waals surface area contributed by atoms with Crippen LogP contribution in [0.2, 0.25) is 0 Å². The molecule has 2 nitrogen and oxygen atoms in total. The van der Waals surface area contributed by atoms with Crippen molar-refractivity contribution < 1.29 is 9.53 Å². The van der Waals surface area contributed by atoms with E-state index in [2.05, 4.69) is 13.2 Å². The van der Waals surface area contributed by atoms with Gasteiger partial charge in [-0.15, -0.1) is 0 Å². The predicted octanol–water partition coefficient (Wildman–Crippen LogP) is 4.33. The van der Waals surface area contributed by atoms with Gasteiger partial charge in [-0.3, -0.25) is 4.79 Å². The average Bonchev–Trinajstić information content (AvgIpc) is 2.46. The Balaban J connectivity index is 2.54. The van der Waals surface area contributed by atoms with E-state index < -0.39 is 0 Å². The van der Waals surface area contributed by atoms with Gasteiger partial charge in [-0.1, -0.05) is 62.6 Å². The van der Waals surface area contributed by atoms with Gasteiger partial charge in [0.25, 0.3) is 0 Å². The van der Waals surface area contributed by atoms with Crippen molar-refractivity contribution in [3.05, 3.63) is 66.8 Å². The highest BCUT2D eigenvalue weighted by molar-refractivity contribution is 5.74. The zero-order valence-corrected chi connectivity index (χ0v) is 12.1. The maximum Gasteiger partial charge on any atom is 0.305 e. The number of carbonyl (C=O) groups is 1. The van der Waals surface area contributed by atoms with Gasteiger partial charge in [0, 0.05) is 12.8 Å². The molecule has 0 fully saturated rings. The number of benzene rings is 1. The Labute approximate surface area is 121 Å². The monoisotopic (exact) mass is 270 g/mol. The van der Waals surface area contributed by atoms with Crippen LogP contribution in [0.3, 0.4) is 0 Å². The van der Waals surface area contributed by atoms with Crippen molar-refractivity contribution in [1.29, 1.82) is 0 Å². The number of hydrogen-bond donors (Lipinski definition) is 0. The lowest BCUT2D eigenvalue weighted by Crippen LogP contribution is -2.06. The van der Waals surface area contributed by atoms with E-state index in [0.29, 0.717) is 13.0 Å². The van der Waals surface area contributed by atoms with Crippen LogP contribution in [0.25, 0.3) is 5.57 Å². The Morgan fingerprint density at radius 2 is 1.95 bits per heavy atom. The van der Waals surface area contributed by atoms with Crippen LogP contribution in [0.1, 0.15) is 30.9 Å². The largest absolute Gasteiger partial charge is 0.465 e. The normalized spacial score (nSPS) is 10.9. The average molecular weight is 270 g/mol. The molecule has 0 spiro atoms. The van der Waals surface area contributed by atoms with E-state index in [1.807, 2.05) is 43.3 Å². The second-order valence-electron chi connectivity index (χ2n) is 4.48. The van der Waals surface area contributed by atoms with Crippen LogP contribution < -0.4 is 0 Å². The molecule has 0 saturated heterocycles. The Hall–Kier alpha value is -2.09. The molecule has 1 aromatic rings. The van der Waals surface area contributed by atoms with Gasteiger partial charge >= 0.3 is 5.97 Å². The van der Waals surface area contributed by atoms with Crippen molar-refractivity contribution in [2.24, 2.45) is 0 Å². The number of carbonyl (C=O) groups excluding carboxylic acids is 1. The SMILES string of the molecule is C=C/C=C(\C=C)c1ccc(CCOC(=O)CCC)cc1. The van der Waals surface area contributed by atoms with Crippen molar-refractivity contribution in [3.63, 3.8) is 0 Å². The summed E-state index contributed by atoms with van der Waals surface area (Å²) in [4.78, 5) is 11.2. The van der Waals surface area contributed by atoms with Crippen LogP contribution in [-0.2, 0) is 16.0 Å². The van der Waals surface area contributed by atoms with Gasteiger partial charge < -0.3 is 4.74 Å². The zero-order chi connectivity index (χ0) is 14.8. The Morgan fingerprint density at radius 3 is 2.50 bits per heavy atom. The lowest BCUT2D eigenvalue weighted by molar-refractivity contribution is -0.143. The molecule has 0 heterocycles. The molecule has 0 N–H and O–H groups in total. The van der Waals surface area contributed by atoms with Crippen molar-refractivity contribution >= 4 is 11.5 Å². The fourth-order valence-corrected chi connectivity index (χ4v) is 1.83. The first-order valence-corrected chi connectivity index (χ1v) is 6.91. The van der Waals surface area contributed by atoms with E-state index in [4.69, 9.17) is 4.74 Å². The molecule has 1 rings (SSSR count). The third-order valence-corrected chi connectivity index (χ3v) is 2.91. The zero-order valence-electron chi connectivity index (χ0n) is 12.1. The van der Waals surface area contributed by atoms with Crippen LogP contribution in [0.15, 0.2) is 55.7 Å². The van der Waals surface area contributed by atoms with Crippen molar-refractivity contribution in [2.45, 2.75) is 26.2 Å². The molecular weight excluding hydrogens is 248 g/mol. The molecular formula is C18H22O2. The highest BCUT2D eigenvalue weighted by Crippen LogP contribution is 2.16. The Bertz CT molecular complexity index is 481. The fraction of sp³-hybridized carbons (Fsp3) is 0.278. The van der Waals surface area contributed by atoms with Gasteiger partial charge in [0.1, 0.15) is 0 Å². The number of allylic oxidation sites excluding steroid dienone is 4. The van der Waals surface area contributed by atoms with Crippen LogP contribution >= 0.6 is 0 Å². The van der Waals surface area contributed by atoms with E-state index in [-0.39, 0.29) is 5.97 Å². The molecule has 20 heavy (non-hydrogen) atoms. The van der Waals surface area contributed by atoms with E-state index in [0.717, 1.165) is 29.5 Å². The molecule has 1 aromatic carbocycles. The summed E-state index contributed by atoms with van der Waals surface area (Å²) < 4.78 is 5.14. The topological polar surface area (TPSA) is 26.3 Å². The van der Waals surface area contributed by atoms with Gasteiger partial charge in [0.15, 0.2) is 0 Å². The summed E-state index contributed by atoms with van der Waals surface area (Å²) in [5.74, 6) is -0.119. The van der Waals surface area contributed by atoms with E-state index in [9.17, 15) is 4.79 Å². The lowest BCUT2D eigenvalue weighted by Gasteiger charge is -2.06. The minimum absolute atomic E-state index is 0.119. The maximum atomic E-state index is 11.2. The van der Waals surface area contributed by atoms with Crippen LogP contribution in [0.5, 0.6) is 0 Å². The van der Waals surface area contributed by atoms with Gasteiger partial charge in [0.05, 0.1) is 6.61 Å². The van der Waals surface area contributed by atoms with Crippen molar-refractivity contribution in [2.75, 3.05) is 6.61 Å². The minimum atomic E-state index is -0.119. The third kappa shape index (κ3) is 5.27. The highest BCUT2D eigenvalue weighted by Gasteiger charge is 2.01. The van der Waals surface area contributed by atoms with Crippen molar-refractivity contribution in [1.82, 2.24) is 0 Å². The molecule has 0 bridgehead atoms. The summed E-state index contributed by atoms with van der Waals surface area (Å²) in [6.45, 7) is 9.89. The highest BCUT2D eigenvalue weighted by atomic mass is 16.5. The quantitative estimate of drug-likeness (QED) is 0.519. The molecule has 0 aromatic heterocycles. The van der Waals surface area contributed by atoms with E-state index in [1.165, 1.54) is 0 Å². The minimum Gasteiger partial charge on any atom is -0.465 e. The van der Waals surface area contributed by atoms with E-state index >= 15 is 0 Å². The Kier molecular flexibility index (Phi) is 7.12. The number of esters is 1. The maximum absolute atomic E-state index is 11.2. The molecule has 2 heteroatoms. The molecule has 0 aliphatic rings. The number of ether oxygens (including phenoxy) is 1. The fourth-order valence-electron chi connectivity index (χ4n) is 1.83. The summed E-state index contributed by atoms with van der Waals surface area (Å²) >= 11 is 0. The molecule has 0 saturated carbocycles. The number of rotatable bonds is 8. The smallest absolute Gasteiger partial charge is 0.305 e. The van der Waals surface area contributed by atoms with Crippen LogP contribution in [-0.4, -0.2) is 12.6 Å². The number of hydrogen-bond acceptors (Lipinski definition) is 2. The van der Waals surface area contributed by atoms with Crippen molar-refractivity contribution in [3.8, 4) is 0 Å². The van der Waals surface area contributed by atoms with Gasteiger partial charge in [-0.25, -0.2) is 0 Å². The molecule has 0 unspecified atom stereocenters. The summed E-state index contributed by atoms with van der Waals surface area (Å²) in [6.07, 6.45) is 7.54. The summed E-state index contributed by atoms with van der Waals surface area (Å²) in [6, 6.07) is 8.17. The second-order valence-corrected chi connectivity index (χ2v) is 4.48. The lowest BCUT2D eigenvalue weighted by atomic mass is 10.0. The standard InChI is InChI=1S/C18H22O2/c1-4-7-16(6-3)17-11-9-15(10-12-17)13-14-20-18(19)8-5-2/h4,6-7,9-12H,1,3,5,8,13-14H2,2H3/b16-7+. The molecule has 0 aliphatic heterocycles. The molecule has 0 aliphatic carbocycles. The van der Waals surface area contributed by atoms with Crippen LogP contribution in [0.4, 0.5) is 0 Å². The third-order valence-electron chi connectivity index (χ3n) is 2.91. The van der Waals surface area contributed by atoms with Gasteiger partial charge in [0.2, 0.25) is 0 Å². The van der Waals surface area contributed by atoms with Gasteiger partial charge in [-0.05, 0) is 23.1 Å². The first-order valence-electron chi connectivity index (χ1n) is 6.91. The van der Waals surface area contributed by atoms with Gasteiger partial charge in [-0.2, -0.15) is 0 Å². The summed E-state index contributed by atoms with van der Waals surface area (Å²) in [5.41, 5.74) is 3.30. The summed E-state index contributed by atoms with van der Waals surface area (Å²) in [5, 5.41) is 0. The second kappa shape index (κ2) is 8.92. The first kappa shape index (κ1) is 16.0. The molecule has 0 atom stereocenters. The summed E-state index contributed by atoms with van der Waals surface area (Å²) in [7, 11) is 0. The molecule has 0 radical (unpaired) electrons. The molecule has 0 amide bonds. The van der Waals surface area contributed by atoms with Crippen LogP contribution in [0, 0.1) is 0 Å². The predicted molar refractivity (Wildman–Crippen MR) is 84.4 cm³/mol. The molecule has 106 valence electrons. The van der Waals surface area contributed by atoms with E-state index in [1.54, 1.807) is 6.08 Å². The first-order chi connectivity index (χ1) is 9.71.